The third kappa shape index (κ3) is 4.66. The standard InChI is InChI=1S/C12H16F3N/c1-9-3-4-10(2)11(7-9)8-16-6-5-12(13,14)15/h3-4,7,16H,5-6,8H2,1-2H3. The molecule has 0 aliphatic rings. The van der Waals surface area contributed by atoms with Gasteiger partial charge in [-0.05, 0) is 25.0 Å². The maximum atomic E-state index is 11.9. The largest absolute Gasteiger partial charge is 0.390 e. The molecule has 1 aromatic carbocycles. The van der Waals surface area contributed by atoms with Crippen molar-refractivity contribution in [2.45, 2.75) is 33.0 Å². The molecule has 0 spiro atoms. The first-order valence-electron chi connectivity index (χ1n) is 5.22. The molecule has 0 unspecified atom stereocenters. The summed E-state index contributed by atoms with van der Waals surface area (Å²) in [5, 5.41) is 2.81. The molecule has 0 heterocycles. The van der Waals surface area contributed by atoms with Gasteiger partial charge in [-0.15, -0.1) is 0 Å². The fraction of sp³-hybridized carbons (Fsp3) is 0.500. The molecule has 0 bridgehead atoms. The lowest BCUT2D eigenvalue weighted by molar-refractivity contribution is -0.133. The second-order valence-corrected chi connectivity index (χ2v) is 3.97. The molecule has 0 aliphatic carbocycles. The molecule has 0 aliphatic heterocycles. The van der Waals surface area contributed by atoms with Gasteiger partial charge in [0.2, 0.25) is 0 Å². The Hall–Kier alpha value is -1.03. The van der Waals surface area contributed by atoms with Crippen molar-refractivity contribution >= 4 is 0 Å². The van der Waals surface area contributed by atoms with Crippen LogP contribution in [0.25, 0.3) is 0 Å². The third-order valence-electron chi connectivity index (χ3n) is 2.41. The third-order valence-corrected chi connectivity index (χ3v) is 2.41. The first-order chi connectivity index (χ1) is 7.38. The van der Waals surface area contributed by atoms with Gasteiger partial charge in [0.1, 0.15) is 0 Å². The van der Waals surface area contributed by atoms with E-state index in [0.29, 0.717) is 6.54 Å². The lowest BCUT2D eigenvalue weighted by atomic mass is 10.1. The van der Waals surface area contributed by atoms with E-state index in [1.165, 1.54) is 0 Å². The lowest BCUT2D eigenvalue weighted by Crippen LogP contribution is -2.21. The predicted molar refractivity (Wildman–Crippen MR) is 58.3 cm³/mol. The fourth-order valence-electron chi connectivity index (χ4n) is 1.44. The second-order valence-electron chi connectivity index (χ2n) is 3.97. The van der Waals surface area contributed by atoms with Crippen LogP contribution in [0.3, 0.4) is 0 Å². The summed E-state index contributed by atoms with van der Waals surface area (Å²) in [7, 11) is 0. The number of nitrogens with one attached hydrogen (secondary N) is 1. The maximum Gasteiger partial charge on any atom is 0.390 e. The number of rotatable bonds is 4. The molecule has 4 heteroatoms. The molecule has 0 atom stereocenters. The normalized spacial score (nSPS) is 11.8. The number of hydrogen-bond acceptors (Lipinski definition) is 1. The monoisotopic (exact) mass is 231 g/mol. The van der Waals surface area contributed by atoms with Crippen molar-refractivity contribution < 1.29 is 13.2 Å². The first-order valence-corrected chi connectivity index (χ1v) is 5.22. The van der Waals surface area contributed by atoms with Crippen LogP contribution in [0, 0.1) is 13.8 Å². The maximum absolute atomic E-state index is 11.9. The van der Waals surface area contributed by atoms with Gasteiger partial charge in [0.25, 0.3) is 0 Å². The highest BCUT2D eigenvalue weighted by molar-refractivity contribution is 5.30. The number of alkyl halides is 3. The van der Waals surface area contributed by atoms with Gasteiger partial charge in [0.05, 0.1) is 6.42 Å². The number of halogens is 3. The average Bonchev–Trinajstić information content (AvgIpc) is 2.16. The zero-order valence-corrected chi connectivity index (χ0v) is 9.49. The Balaban J connectivity index is 2.40. The van der Waals surface area contributed by atoms with E-state index in [1.54, 1.807) is 0 Å². The van der Waals surface area contributed by atoms with Crippen molar-refractivity contribution in [3.05, 3.63) is 34.9 Å². The molecular formula is C12H16F3N. The van der Waals surface area contributed by atoms with Crippen molar-refractivity contribution in [1.29, 1.82) is 0 Å². The van der Waals surface area contributed by atoms with Crippen LogP contribution in [0.1, 0.15) is 23.1 Å². The van der Waals surface area contributed by atoms with Gasteiger partial charge in [0, 0.05) is 13.1 Å². The van der Waals surface area contributed by atoms with Crippen molar-refractivity contribution in [3.63, 3.8) is 0 Å². The van der Waals surface area contributed by atoms with Crippen LogP contribution < -0.4 is 5.32 Å². The summed E-state index contributed by atoms with van der Waals surface area (Å²) in [6.07, 6.45) is -4.85. The van der Waals surface area contributed by atoms with E-state index in [-0.39, 0.29) is 6.54 Å². The van der Waals surface area contributed by atoms with Gasteiger partial charge in [-0.3, -0.25) is 0 Å². The van der Waals surface area contributed by atoms with Crippen LogP contribution in [-0.4, -0.2) is 12.7 Å². The molecule has 1 N–H and O–H groups in total. The Bertz CT molecular complexity index is 345. The second kappa shape index (κ2) is 5.34. The van der Waals surface area contributed by atoms with E-state index in [2.05, 4.69) is 5.32 Å². The Morgan fingerprint density at radius 1 is 1.19 bits per heavy atom. The fourth-order valence-corrected chi connectivity index (χ4v) is 1.44. The van der Waals surface area contributed by atoms with E-state index in [9.17, 15) is 13.2 Å². The highest BCUT2D eigenvalue weighted by atomic mass is 19.4. The van der Waals surface area contributed by atoms with E-state index < -0.39 is 12.6 Å². The van der Waals surface area contributed by atoms with Gasteiger partial charge < -0.3 is 5.32 Å². The van der Waals surface area contributed by atoms with E-state index >= 15 is 0 Å². The van der Waals surface area contributed by atoms with Crippen molar-refractivity contribution in [2.75, 3.05) is 6.54 Å². The van der Waals surface area contributed by atoms with Gasteiger partial charge in [-0.25, -0.2) is 0 Å². The molecule has 90 valence electrons. The summed E-state index contributed by atoms with van der Waals surface area (Å²) in [4.78, 5) is 0. The first kappa shape index (κ1) is 13.0. The molecule has 1 aromatic rings. The molecule has 0 amide bonds. The lowest BCUT2D eigenvalue weighted by Gasteiger charge is -2.10. The number of aryl methyl sites for hydroxylation is 2. The predicted octanol–water partition coefficient (Wildman–Crippen LogP) is 3.35. The SMILES string of the molecule is Cc1ccc(C)c(CNCCC(F)(F)F)c1. The van der Waals surface area contributed by atoms with Crippen LogP contribution in [0.2, 0.25) is 0 Å². The van der Waals surface area contributed by atoms with Gasteiger partial charge in [-0.1, -0.05) is 23.8 Å². The molecule has 0 saturated heterocycles. The van der Waals surface area contributed by atoms with Gasteiger partial charge in [-0.2, -0.15) is 13.2 Å². The number of hydrogen-bond donors (Lipinski definition) is 1. The molecule has 0 fully saturated rings. The minimum Gasteiger partial charge on any atom is -0.312 e. The summed E-state index contributed by atoms with van der Waals surface area (Å²) in [5.74, 6) is 0. The topological polar surface area (TPSA) is 12.0 Å². The van der Waals surface area contributed by atoms with Crippen molar-refractivity contribution in [3.8, 4) is 0 Å². The quantitative estimate of drug-likeness (QED) is 0.783. The van der Waals surface area contributed by atoms with Crippen LogP contribution in [0.5, 0.6) is 0 Å². The Labute approximate surface area is 93.7 Å². The average molecular weight is 231 g/mol. The number of benzene rings is 1. The Morgan fingerprint density at radius 2 is 1.88 bits per heavy atom. The zero-order chi connectivity index (χ0) is 12.2. The molecule has 0 saturated carbocycles. The molecular weight excluding hydrogens is 215 g/mol. The smallest absolute Gasteiger partial charge is 0.312 e. The van der Waals surface area contributed by atoms with Crippen LogP contribution in [0.15, 0.2) is 18.2 Å². The molecule has 1 nitrogen and oxygen atoms in total. The summed E-state index contributed by atoms with van der Waals surface area (Å²) >= 11 is 0. The highest BCUT2D eigenvalue weighted by Crippen LogP contribution is 2.18. The summed E-state index contributed by atoms with van der Waals surface area (Å²) in [6.45, 7) is 4.39. The summed E-state index contributed by atoms with van der Waals surface area (Å²) in [6, 6.07) is 5.97. The van der Waals surface area contributed by atoms with E-state index in [4.69, 9.17) is 0 Å². The van der Waals surface area contributed by atoms with E-state index in [1.807, 2.05) is 32.0 Å². The summed E-state index contributed by atoms with van der Waals surface area (Å²) < 4.78 is 35.7. The zero-order valence-electron chi connectivity index (χ0n) is 9.49. The minimum atomic E-state index is -4.07. The van der Waals surface area contributed by atoms with Crippen molar-refractivity contribution in [2.24, 2.45) is 0 Å². The highest BCUT2D eigenvalue weighted by Gasteiger charge is 2.25. The molecule has 1 rings (SSSR count). The molecule has 0 aromatic heterocycles. The van der Waals surface area contributed by atoms with Gasteiger partial charge >= 0.3 is 6.18 Å². The minimum absolute atomic E-state index is 0.0309. The molecule has 16 heavy (non-hydrogen) atoms. The molecule has 0 radical (unpaired) electrons. The van der Waals surface area contributed by atoms with E-state index in [0.717, 1.165) is 16.7 Å². The van der Waals surface area contributed by atoms with Crippen LogP contribution in [-0.2, 0) is 6.54 Å². The Kier molecular flexibility index (Phi) is 4.35. The summed E-state index contributed by atoms with van der Waals surface area (Å²) in [5.41, 5.74) is 3.28. The van der Waals surface area contributed by atoms with Crippen molar-refractivity contribution in [1.82, 2.24) is 5.32 Å². The van der Waals surface area contributed by atoms with Crippen LogP contribution >= 0.6 is 0 Å². The van der Waals surface area contributed by atoms with Gasteiger partial charge in [0.15, 0.2) is 0 Å². The Morgan fingerprint density at radius 3 is 2.50 bits per heavy atom. The van der Waals surface area contributed by atoms with Crippen LogP contribution in [0.4, 0.5) is 13.2 Å².